The Balaban J connectivity index is 1.35. The number of nitrogens with zero attached hydrogens (tertiary/aromatic N) is 9. The van der Waals surface area contributed by atoms with E-state index in [4.69, 9.17) is 43.4 Å². The van der Waals surface area contributed by atoms with Gasteiger partial charge in [0.25, 0.3) is 35.3 Å². The largest absolute Gasteiger partial charge is 0.479 e. The molecule has 4 heterocycles. The third kappa shape index (κ3) is 8.19. The van der Waals surface area contributed by atoms with E-state index in [9.17, 15) is 9.90 Å². The number of ether oxygens (including phenoxy) is 6. The highest BCUT2D eigenvalue weighted by Gasteiger charge is 2.39. The fraction of sp³-hybridized carbons (Fsp3) is 0.324. The van der Waals surface area contributed by atoms with Crippen molar-refractivity contribution in [2.45, 2.75) is 25.8 Å². The number of aliphatic carboxylic acids is 1. The van der Waals surface area contributed by atoms with E-state index in [1.807, 2.05) is 46.2 Å². The molecule has 0 radical (unpaired) electrons. The zero-order valence-electron chi connectivity index (χ0n) is 31.5. The first-order chi connectivity index (χ1) is 27.5. The van der Waals surface area contributed by atoms with Crippen LogP contribution in [0, 0.1) is 0 Å². The molecule has 20 heteroatoms. The minimum absolute atomic E-state index is 0.165. The summed E-state index contributed by atoms with van der Waals surface area (Å²) in [4.78, 5) is 47.6. The maximum absolute atomic E-state index is 13.5. The van der Waals surface area contributed by atoms with Gasteiger partial charge in [-0.25, -0.2) is 34.7 Å². The highest BCUT2D eigenvalue weighted by Crippen LogP contribution is 2.35. The number of carboxylic acid groups (broad SMARTS) is 1. The number of carboxylic acids is 1. The van der Waals surface area contributed by atoms with Gasteiger partial charge in [-0.15, -0.1) is 0 Å². The number of rotatable bonds is 13. The second kappa shape index (κ2) is 17.0. The maximum Gasteiger partial charge on any atom is 0.336 e. The Morgan fingerprint density at radius 3 is 1.14 bits per heavy atom. The molecular formula is C37H36Br3N9O8. The fourth-order valence-corrected chi connectivity index (χ4v) is 8.43. The van der Waals surface area contributed by atoms with Gasteiger partial charge in [0.15, 0.2) is 6.17 Å². The Bertz CT molecular complexity index is 2400. The van der Waals surface area contributed by atoms with Crippen LogP contribution in [-0.4, -0.2) is 118 Å². The minimum atomic E-state index is -1.10. The summed E-state index contributed by atoms with van der Waals surface area (Å²) in [5.41, 5.74) is 5.62. The molecule has 0 atom stereocenters. The average molecular weight is 974 g/mol. The molecule has 1 N–H and O–H groups in total. The van der Waals surface area contributed by atoms with Gasteiger partial charge in [0, 0.05) is 33.1 Å². The van der Waals surface area contributed by atoms with Crippen molar-refractivity contribution in [3.8, 4) is 35.3 Å². The van der Waals surface area contributed by atoms with Crippen molar-refractivity contribution in [1.82, 2.24) is 44.6 Å². The molecule has 17 nitrogen and oxygen atoms in total. The summed E-state index contributed by atoms with van der Waals surface area (Å²) >= 11 is 10.9. The average Bonchev–Trinajstić information content (AvgIpc) is 3.18. The van der Waals surface area contributed by atoms with Gasteiger partial charge >= 0.3 is 5.97 Å². The zero-order valence-corrected chi connectivity index (χ0v) is 36.3. The molecule has 0 bridgehead atoms. The summed E-state index contributed by atoms with van der Waals surface area (Å²) in [7, 11) is 8.97. The molecule has 1 aliphatic rings. The third-order valence-electron chi connectivity index (χ3n) is 9.23. The number of benzene rings is 3. The van der Waals surface area contributed by atoms with Gasteiger partial charge < -0.3 is 33.5 Å². The fourth-order valence-electron chi connectivity index (χ4n) is 6.95. The highest BCUT2D eigenvalue weighted by molar-refractivity contribution is 9.11. The van der Waals surface area contributed by atoms with Gasteiger partial charge in [0.05, 0.1) is 89.1 Å². The van der Waals surface area contributed by atoms with Crippen molar-refractivity contribution in [2.75, 3.05) is 56.0 Å². The van der Waals surface area contributed by atoms with E-state index in [1.165, 1.54) is 42.7 Å². The first-order valence-electron chi connectivity index (χ1n) is 17.1. The van der Waals surface area contributed by atoms with Gasteiger partial charge in [-0.1, -0.05) is 47.8 Å². The molecule has 0 unspecified atom stereocenters. The van der Waals surface area contributed by atoms with E-state index < -0.39 is 12.1 Å². The molecule has 298 valence electrons. The first kappa shape index (κ1) is 40.5. The van der Waals surface area contributed by atoms with Crippen molar-refractivity contribution in [3.05, 3.63) is 66.5 Å². The topological polar surface area (TPSA) is 180 Å². The lowest BCUT2D eigenvalue weighted by molar-refractivity contribution is -0.166. The van der Waals surface area contributed by atoms with Gasteiger partial charge in [0.2, 0.25) is 0 Å². The van der Waals surface area contributed by atoms with Crippen molar-refractivity contribution in [2.24, 2.45) is 0 Å². The van der Waals surface area contributed by atoms with Crippen molar-refractivity contribution >= 4 is 86.9 Å². The Hall–Kier alpha value is -4.73. The molecule has 1 saturated heterocycles. The van der Waals surface area contributed by atoms with E-state index in [-0.39, 0.29) is 61.7 Å². The maximum atomic E-state index is 13.5. The molecule has 0 amide bonds. The lowest BCUT2D eigenvalue weighted by Crippen LogP contribution is -2.63. The smallest absolute Gasteiger partial charge is 0.336 e. The Morgan fingerprint density at radius 1 is 0.544 bits per heavy atom. The predicted molar refractivity (Wildman–Crippen MR) is 219 cm³/mol. The number of hydrogen-bond donors (Lipinski definition) is 1. The quantitative estimate of drug-likeness (QED) is 0.142. The van der Waals surface area contributed by atoms with Crippen molar-refractivity contribution in [1.29, 1.82) is 0 Å². The number of hydrogen-bond acceptors (Lipinski definition) is 16. The standard InChI is InChI=1S/C37H36Br3N9O8/c1-52-30-33(55-4)44-27-18(7-21(38)10-24(27)41-30)13-47-16-48(14-19-8-22(39)11-25-28(19)45-34(56-5)31(42-25)53-2)36(37(50)51)49(17-47)15-20-9-23(40)12-26-29(20)46-35(57-6)32(43-26)54-3/h7-12,36H,13-17H2,1-6H3,(H,50,51). The highest BCUT2D eigenvalue weighted by atomic mass is 79.9. The molecule has 57 heavy (non-hydrogen) atoms. The Labute approximate surface area is 351 Å². The molecule has 3 aromatic carbocycles. The van der Waals surface area contributed by atoms with Crippen LogP contribution in [0.2, 0.25) is 0 Å². The molecule has 3 aromatic heterocycles. The van der Waals surface area contributed by atoms with Gasteiger partial charge in [0.1, 0.15) is 0 Å². The SMILES string of the molecule is COc1nc2cc(Br)cc(CN3CN(Cc4cc(Br)cc5nc(OC)c(OC)nc45)C(C(=O)O)N(Cc4cc(Br)cc5nc(OC)c(OC)nc45)C3)c2nc1OC. The summed E-state index contributed by atoms with van der Waals surface area (Å²) in [6.07, 6.45) is -1.10. The second-order valence-corrected chi connectivity index (χ2v) is 15.6. The number of fused-ring (bicyclic) bond motifs is 3. The predicted octanol–water partition coefficient (Wildman–Crippen LogP) is 6.00. The Kier molecular flexibility index (Phi) is 12.1. The third-order valence-corrected chi connectivity index (χ3v) is 10.6. The van der Waals surface area contributed by atoms with E-state index >= 15 is 0 Å². The molecule has 0 spiro atoms. The minimum Gasteiger partial charge on any atom is -0.479 e. The van der Waals surface area contributed by atoms with E-state index in [1.54, 1.807) is 0 Å². The molecule has 0 saturated carbocycles. The molecule has 7 rings (SSSR count). The summed E-state index contributed by atoms with van der Waals surface area (Å²) in [6, 6.07) is 11.3. The van der Waals surface area contributed by atoms with E-state index in [2.05, 4.69) is 67.6 Å². The van der Waals surface area contributed by atoms with Crippen LogP contribution in [0.15, 0.2) is 49.8 Å². The molecule has 0 aliphatic carbocycles. The number of carbonyl (C=O) groups is 1. The molecule has 6 aromatic rings. The Morgan fingerprint density at radius 2 is 0.842 bits per heavy atom. The summed E-state index contributed by atoms with van der Waals surface area (Å²) in [6.45, 7) is 1.16. The number of halogens is 3. The normalized spacial score (nSPS) is 14.3. The van der Waals surface area contributed by atoms with E-state index in [0.29, 0.717) is 50.8 Å². The van der Waals surface area contributed by atoms with Crippen LogP contribution in [0.25, 0.3) is 33.1 Å². The van der Waals surface area contributed by atoms with Gasteiger partial charge in [-0.3, -0.25) is 14.7 Å². The summed E-state index contributed by atoms with van der Waals surface area (Å²) in [5.74, 6) is 0.315. The second-order valence-electron chi connectivity index (χ2n) is 12.8. The number of methoxy groups -OCH3 is 6. The number of aromatic nitrogens is 6. The zero-order chi connectivity index (χ0) is 40.5. The molecule has 1 fully saturated rings. The lowest BCUT2D eigenvalue weighted by Gasteiger charge is -2.46. The van der Waals surface area contributed by atoms with Crippen molar-refractivity contribution in [3.63, 3.8) is 0 Å². The van der Waals surface area contributed by atoms with Crippen LogP contribution >= 0.6 is 47.8 Å². The van der Waals surface area contributed by atoms with Crippen LogP contribution in [0.5, 0.6) is 35.3 Å². The summed E-state index contributed by atoms with van der Waals surface area (Å²) < 4.78 is 35.0. The molecule has 1 aliphatic heterocycles. The van der Waals surface area contributed by atoms with Crippen LogP contribution in [0.1, 0.15) is 16.7 Å². The van der Waals surface area contributed by atoms with Crippen LogP contribution < -0.4 is 28.4 Å². The van der Waals surface area contributed by atoms with Gasteiger partial charge in [-0.05, 0) is 53.1 Å². The monoisotopic (exact) mass is 971 g/mol. The lowest BCUT2D eigenvalue weighted by atomic mass is 10.1. The van der Waals surface area contributed by atoms with Crippen LogP contribution in [0.4, 0.5) is 0 Å². The molecular weight excluding hydrogens is 938 g/mol. The van der Waals surface area contributed by atoms with Crippen LogP contribution in [0.3, 0.4) is 0 Å². The van der Waals surface area contributed by atoms with Crippen LogP contribution in [-0.2, 0) is 24.4 Å². The van der Waals surface area contributed by atoms with Gasteiger partial charge in [-0.2, -0.15) is 0 Å². The van der Waals surface area contributed by atoms with E-state index in [0.717, 1.165) is 19.0 Å². The summed E-state index contributed by atoms with van der Waals surface area (Å²) in [5, 5.41) is 11.0. The van der Waals surface area contributed by atoms with Crippen molar-refractivity contribution < 1.29 is 38.3 Å². The first-order valence-corrected chi connectivity index (χ1v) is 19.5.